The maximum Gasteiger partial charge on any atom is 0.293 e. The summed E-state index contributed by atoms with van der Waals surface area (Å²) in [5.41, 5.74) is 0. The molecule has 5 heteroatoms. The molecule has 2 rings (SSSR count). The number of nitrogens with one attached hydrogen (secondary N) is 1. The van der Waals surface area contributed by atoms with Gasteiger partial charge in [0.25, 0.3) is 5.91 Å². The molecule has 0 bridgehead atoms. The number of aryl methyl sites for hydroxylation is 1. The van der Waals surface area contributed by atoms with Crippen molar-refractivity contribution in [1.29, 1.82) is 0 Å². The molecule has 0 aliphatic carbocycles. The molecule has 2 heterocycles. The Labute approximate surface area is 90.9 Å². The van der Waals surface area contributed by atoms with Crippen molar-refractivity contribution < 1.29 is 9.21 Å². The summed E-state index contributed by atoms with van der Waals surface area (Å²) in [7, 11) is 0. The van der Waals surface area contributed by atoms with Gasteiger partial charge in [-0.05, 0) is 12.1 Å². The van der Waals surface area contributed by atoms with Crippen LogP contribution >= 0.6 is 11.3 Å². The van der Waals surface area contributed by atoms with Crippen LogP contribution in [0.5, 0.6) is 0 Å². The zero-order chi connectivity index (χ0) is 10.7. The number of furan rings is 1. The molecular formula is C10H10N2O2S. The standard InChI is InChI=1S/C10H10N2O2S/c1-2-7-3-4-8(14-7)9(13)12-10-11-5-6-15-10/h3-6H,2H2,1H3,(H,11,12,13). The van der Waals surface area contributed by atoms with Gasteiger partial charge in [0.1, 0.15) is 5.76 Å². The van der Waals surface area contributed by atoms with Crippen LogP contribution in [0, 0.1) is 0 Å². The number of carbonyl (C=O) groups excluding carboxylic acids is 1. The van der Waals surface area contributed by atoms with E-state index in [2.05, 4.69) is 10.3 Å². The van der Waals surface area contributed by atoms with Gasteiger partial charge in [-0.15, -0.1) is 11.3 Å². The highest BCUT2D eigenvalue weighted by Gasteiger charge is 2.11. The first kappa shape index (κ1) is 9.92. The molecule has 0 fully saturated rings. The summed E-state index contributed by atoms with van der Waals surface area (Å²) >= 11 is 1.37. The largest absolute Gasteiger partial charge is 0.456 e. The van der Waals surface area contributed by atoms with Crippen LogP contribution in [0.3, 0.4) is 0 Å². The zero-order valence-electron chi connectivity index (χ0n) is 8.19. The summed E-state index contributed by atoms with van der Waals surface area (Å²) in [5.74, 6) is 0.867. The maximum absolute atomic E-state index is 11.6. The lowest BCUT2D eigenvalue weighted by molar-refractivity contribution is 0.0995. The minimum Gasteiger partial charge on any atom is -0.456 e. The van der Waals surface area contributed by atoms with Crippen LogP contribution in [-0.2, 0) is 6.42 Å². The third-order valence-electron chi connectivity index (χ3n) is 1.89. The van der Waals surface area contributed by atoms with Gasteiger partial charge in [-0.3, -0.25) is 10.1 Å². The first-order valence-corrected chi connectivity index (χ1v) is 5.47. The van der Waals surface area contributed by atoms with Gasteiger partial charge >= 0.3 is 0 Å². The quantitative estimate of drug-likeness (QED) is 0.868. The van der Waals surface area contributed by atoms with E-state index in [0.29, 0.717) is 10.9 Å². The van der Waals surface area contributed by atoms with Gasteiger partial charge in [0.05, 0.1) is 0 Å². The number of thiazole rings is 1. The van der Waals surface area contributed by atoms with Gasteiger partial charge in [-0.1, -0.05) is 6.92 Å². The fourth-order valence-electron chi connectivity index (χ4n) is 1.13. The maximum atomic E-state index is 11.6. The second kappa shape index (κ2) is 4.27. The van der Waals surface area contributed by atoms with Crippen LogP contribution in [0.2, 0.25) is 0 Å². The van der Waals surface area contributed by atoms with Crippen molar-refractivity contribution >= 4 is 22.4 Å². The summed E-state index contributed by atoms with van der Waals surface area (Å²) in [6, 6.07) is 3.47. The molecule has 0 aromatic carbocycles. The van der Waals surface area contributed by atoms with Crippen LogP contribution in [0.15, 0.2) is 28.1 Å². The molecule has 78 valence electrons. The van der Waals surface area contributed by atoms with E-state index < -0.39 is 0 Å². The van der Waals surface area contributed by atoms with E-state index in [-0.39, 0.29) is 5.91 Å². The predicted molar refractivity (Wildman–Crippen MR) is 58.2 cm³/mol. The Morgan fingerprint density at radius 1 is 1.60 bits per heavy atom. The topological polar surface area (TPSA) is 55.1 Å². The molecule has 0 spiro atoms. The number of nitrogens with zero attached hydrogens (tertiary/aromatic N) is 1. The third kappa shape index (κ3) is 2.24. The molecular weight excluding hydrogens is 212 g/mol. The normalized spacial score (nSPS) is 10.2. The number of hydrogen-bond donors (Lipinski definition) is 1. The molecule has 0 saturated carbocycles. The van der Waals surface area contributed by atoms with Crippen LogP contribution < -0.4 is 5.32 Å². The third-order valence-corrected chi connectivity index (χ3v) is 2.58. The van der Waals surface area contributed by atoms with Gasteiger partial charge in [0, 0.05) is 18.0 Å². The highest BCUT2D eigenvalue weighted by atomic mass is 32.1. The minimum atomic E-state index is -0.260. The van der Waals surface area contributed by atoms with Crippen molar-refractivity contribution in [1.82, 2.24) is 4.98 Å². The van der Waals surface area contributed by atoms with Crippen molar-refractivity contribution in [3.8, 4) is 0 Å². The van der Waals surface area contributed by atoms with E-state index >= 15 is 0 Å². The average Bonchev–Trinajstić information content (AvgIpc) is 2.86. The van der Waals surface area contributed by atoms with E-state index in [9.17, 15) is 4.79 Å². The second-order valence-electron chi connectivity index (χ2n) is 2.91. The SMILES string of the molecule is CCc1ccc(C(=O)Nc2nccs2)o1. The van der Waals surface area contributed by atoms with Crippen LogP contribution in [0.25, 0.3) is 0 Å². The summed E-state index contributed by atoms with van der Waals surface area (Å²) in [6.45, 7) is 1.97. The molecule has 0 aliphatic heterocycles. The molecule has 15 heavy (non-hydrogen) atoms. The summed E-state index contributed by atoms with van der Waals surface area (Å²) in [5, 5.41) is 5.03. The molecule has 4 nitrogen and oxygen atoms in total. The molecule has 1 N–H and O–H groups in total. The van der Waals surface area contributed by atoms with Crippen molar-refractivity contribution in [3.05, 3.63) is 35.2 Å². The highest BCUT2D eigenvalue weighted by Crippen LogP contribution is 2.14. The first-order valence-electron chi connectivity index (χ1n) is 4.59. The molecule has 0 atom stereocenters. The van der Waals surface area contributed by atoms with E-state index in [1.807, 2.05) is 6.92 Å². The molecule has 0 unspecified atom stereocenters. The van der Waals surface area contributed by atoms with Crippen molar-refractivity contribution in [2.24, 2.45) is 0 Å². The molecule has 0 saturated heterocycles. The molecule has 1 amide bonds. The van der Waals surface area contributed by atoms with Crippen molar-refractivity contribution in [3.63, 3.8) is 0 Å². The summed E-state index contributed by atoms with van der Waals surface area (Å²) in [4.78, 5) is 15.6. The van der Waals surface area contributed by atoms with Gasteiger partial charge < -0.3 is 4.42 Å². The molecule has 0 aliphatic rings. The fraction of sp³-hybridized carbons (Fsp3) is 0.200. The van der Waals surface area contributed by atoms with Gasteiger partial charge in [0.15, 0.2) is 10.9 Å². The Balaban J connectivity index is 2.08. The smallest absolute Gasteiger partial charge is 0.293 e. The van der Waals surface area contributed by atoms with E-state index in [1.165, 1.54) is 11.3 Å². The predicted octanol–water partition coefficient (Wildman–Crippen LogP) is 2.55. The molecule has 2 aromatic heterocycles. The number of anilines is 1. The van der Waals surface area contributed by atoms with Crippen LogP contribution in [0.1, 0.15) is 23.2 Å². The summed E-state index contributed by atoms with van der Waals surface area (Å²) < 4.78 is 5.31. The van der Waals surface area contributed by atoms with E-state index in [0.717, 1.165) is 12.2 Å². The van der Waals surface area contributed by atoms with Crippen molar-refractivity contribution in [2.75, 3.05) is 5.32 Å². The van der Waals surface area contributed by atoms with E-state index in [1.54, 1.807) is 23.7 Å². The lowest BCUT2D eigenvalue weighted by Crippen LogP contribution is -2.10. The molecule has 2 aromatic rings. The number of carbonyl (C=O) groups is 1. The highest BCUT2D eigenvalue weighted by molar-refractivity contribution is 7.13. The monoisotopic (exact) mass is 222 g/mol. The minimum absolute atomic E-state index is 0.260. The average molecular weight is 222 g/mol. The zero-order valence-corrected chi connectivity index (χ0v) is 9.00. The summed E-state index contributed by atoms with van der Waals surface area (Å²) in [6.07, 6.45) is 2.42. The second-order valence-corrected chi connectivity index (χ2v) is 3.81. The lowest BCUT2D eigenvalue weighted by Gasteiger charge is -1.97. The van der Waals surface area contributed by atoms with Crippen LogP contribution in [-0.4, -0.2) is 10.9 Å². The fourth-order valence-corrected chi connectivity index (χ4v) is 1.66. The Bertz CT molecular complexity index is 448. The van der Waals surface area contributed by atoms with Crippen molar-refractivity contribution in [2.45, 2.75) is 13.3 Å². The Morgan fingerprint density at radius 2 is 2.47 bits per heavy atom. The number of aromatic nitrogens is 1. The van der Waals surface area contributed by atoms with Crippen LogP contribution in [0.4, 0.5) is 5.13 Å². The van der Waals surface area contributed by atoms with Gasteiger partial charge in [-0.25, -0.2) is 4.98 Å². The Morgan fingerprint density at radius 3 is 3.07 bits per heavy atom. The number of hydrogen-bond acceptors (Lipinski definition) is 4. The van der Waals surface area contributed by atoms with Gasteiger partial charge in [0.2, 0.25) is 0 Å². The van der Waals surface area contributed by atoms with E-state index in [4.69, 9.17) is 4.42 Å². The lowest BCUT2D eigenvalue weighted by atomic mass is 10.3. The first-order chi connectivity index (χ1) is 7.29. The number of rotatable bonds is 3. The Hall–Kier alpha value is -1.62. The Kier molecular flexibility index (Phi) is 2.82. The van der Waals surface area contributed by atoms with Gasteiger partial charge in [-0.2, -0.15) is 0 Å². The molecule has 0 radical (unpaired) electrons. The number of amides is 1.